The Hall–Kier alpha value is -2.56. The quantitative estimate of drug-likeness (QED) is 0.403. The molecule has 0 spiro atoms. The maximum Gasteiger partial charge on any atom is 0.234 e. The average Bonchev–Trinajstić information content (AvgIpc) is 3.30. The molecule has 0 bridgehead atoms. The van der Waals surface area contributed by atoms with Crippen LogP contribution in [0.25, 0.3) is 0 Å². The summed E-state index contributed by atoms with van der Waals surface area (Å²) in [6, 6.07) is 8.09. The fraction of sp³-hybridized carbons (Fsp3) is 0.480. The number of anilines is 3. The van der Waals surface area contributed by atoms with E-state index in [-0.39, 0.29) is 5.78 Å². The van der Waals surface area contributed by atoms with E-state index in [1.54, 1.807) is 11.3 Å². The topological polar surface area (TPSA) is 87.1 Å². The average molecular weight is 512 g/mol. The highest BCUT2D eigenvalue weighted by Gasteiger charge is 2.19. The second-order valence-corrected chi connectivity index (χ2v) is 11.2. The third-order valence-corrected chi connectivity index (χ3v) is 7.85. The van der Waals surface area contributed by atoms with E-state index in [2.05, 4.69) is 46.0 Å². The summed E-state index contributed by atoms with van der Waals surface area (Å²) >= 11 is 3.12. The summed E-state index contributed by atoms with van der Waals surface area (Å²) in [6.07, 6.45) is 3.91. The van der Waals surface area contributed by atoms with Gasteiger partial charge in [0.25, 0.3) is 0 Å². The molecule has 1 aliphatic rings. The van der Waals surface area contributed by atoms with Gasteiger partial charge in [-0.1, -0.05) is 32.9 Å². The number of nitrogens with zero attached hydrogens (tertiary/aromatic N) is 6. The van der Waals surface area contributed by atoms with Crippen LogP contribution in [-0.2, 0) is 11.2 Å². The summed E-state index contributed by atoms with van der Waals surface area (Å²) in [5, 5.41) is 4.70. The second kappa shape index (κ2) is 11.9. The first-order valence-corrected chi connectivity index (χ1v) is 13.7. The standard InChI is InChI=1S/C25H33N7OS2/c1-5-6-19(33)15-18-7-9-20(10-8-18)34-25-29-22(28-24-26-16-21(35-24)17(2)3)27-23(30-25)32-13-11-31(4)12-14-32/h7-10,16-17H,5-6,11-15H2,1-4H3,(H,26,27,28,29,30). The summed E-state index contributed by atoms with van der Waals surface area (Å²) in [5.74, 6) is 1.89. The van der Waals surface area contributed by atoms with Crippen molar-refractivity contribution >= 4 is 45.9 Å². The first-order chi connectivity index (χ1) is 16.9. The van der Waals surface area contributed by atoms with Gasteiger partial charge in [-0.2, -0.15) is 15.0 Å². The van der Waals surface area contributed by atoms with Crippen molar-refractivity contribution in [2.45, 2.75) is 56.0 Å². The third kappa shape index (κ3) is 7.22. The van der Waals surface area contributed by atoms with Crippen molar-refractivity contribution in [3.63, 3.8) is 0 Å². The maximum absolute atomic E-state index is 12.0. The van der Waals surface area contributed by atoms with Gasteiger partial charge in [0.05, 0.1) is 0 Å². The lowest BCUT2D eigenvalue weighted by molar-refractivity contribution is -0.118. The summed E-state index contributed by atoms with van der Waals surface area (Å²) in [7, 11) is 2.13. The van der Waals surface area contributed by atoms with E-state index in [1.165, 1.54) is 16.6 Å². The molecular weight excluding hydrogens is 478 g/mol. The first-order valence-electron chi connectivity index (χ1n) is 12.1. The highest BCUT2D eigenvalue weighted by molar-refractivity contribution is 7.99. The molecule has 1 aliphatic heterocycles. The molecule has 4 rings (SSSR count). The van der Waals surface area contributed by atoms with Crippen LogP contribution >= 0.6 is 23.1 Å². The van der Waals surface area contributed by atoms with Crippen LogP contribution in [0.15, 0.2) is 40.5 Å². The van der Waals surface area contributed by atoms with Crippen LogP contribution in [0.5, 0.6) is 0 Å². The summed E-state index contributed by atoms with van der Waals surface area (Å²) in [6.45, 7) is 10.0. The normalized spacial score (nSPS) is 14.5. The zero-order chi connectivity index (χ0) is 24.8. The molecule has 1 saturated heterocycles. The Morgan fingerprint density at radius 1 is 1.11 bits per heavy atom. The van der Waals surface area contributed by atoms with Gasteiger partial charge < -0.3 is 9.80 Å². The van der Waals surface area contributed by atoms with E-state index in [9.17, 15) is 4.79 Å². The highest BCUT2D eigenvalue weighted by Crippen LogP contribution is 2.30. The predicted octanol–water partition coefficient (Wildman–Crippen LogP) is 5.01. The lowest BCUT2D eigenvalue weighted by Gasteiger charge is -2.32. The number of aromatic nitrogens is 4. The molecule has 0 saturated carbocycles. The number of nitrogens with one attached hydrogen (secondary N) is 1. The summed E-state index contributed by atoms with van der Waals surface area (Å²) < 4.78 is 0. The Bertz CT molecular complexity index is 1130. The van der Waals surface area contributed by atoms with Crippen molar-refractivity contribution in [1.82, 2.24) is 24.8 Å². The molecular formula is C25H33N7OS2. The SMILES string of the molecule is CCCC(=O)Cc1ccc(Sc2nc(Nc3ncc(C(C)C)s3)nc(N3CCN(C)CC3)n2)cc1. The van der Waals surface area contributed by atoms with Crippen molar-refractivity contribution in [2.75, 3.05) is 43.4 Å². The van der Waals surface area contributed by atoms with E-state index < -0.39 is 0 Å². The minimum atomic E-state index is 0.278. The van der Waals surface area contributed by atoms with Gasteiger partial charge in [0.15, 0.2) is 10.3 Å². The molecule has 0 unspecified atom stereocenters. The first kappa shape index (κ1) is 25.5. The number of piperazine rings is 1. The fourth-order valence-corrected chi connectivity index (χ4v) is 5.23. The van der Waals surface area contributed by atoms with Crippen molar-refractivity contribution in [2.24, 2.45) is 0 Å². The van der Waals surface area contributed by atoms with E-state index >= 15 is 0 Å². The lowest BCUT2D eigenvalue weighted by atomic mass is 10.1. The number of ketones is 1. The van der Waals surface area contributed by atoms with Gasteiger partial charge in [-0.15, -0.1) is 11.3 Å². The van der Waals surface area contributed by atoms with Crippen LogP contribution in [0.4, 0.5) is 17.0 Å². The number of hydrogen-bond donors (Lipinski definition) is 1. The van der Waals surface area contributed by atoms with Crippen LogP contribution in [0.1, 0.15) is 50.0 Å². The summed E-state index contributed by atoms with van der Waals surface area (Å²) in [4.78, 5) is 37.4. The van der Waals surface area contributed by atoms with Gasteiger partial charge in [0.1, 0.15) is 5.78 Å². The highest BCUT2D eigenvalue weighted by atomic mass is 32.2. The Kier molecular flexibility index (Phi) is 8.69. The van der Waals surface area contributed by atoms with Crippen LogP contribution < -0.4 is 10.2 Å². The Morgan fingerprint density at radius 3 is 2.51 bits per heavy atom. The van der Waals surface area contributed by atoms with E-state index in [4.69, 9.17) is 9.97 Å². The number of hydrogen-bond acceptors (Lipinski definition) is 10. The number of rotatable bonds is 10. The van der Waals surface area contributed by atoms with Crippen LogP contribution in [0.3, 0.4) is 0 Å². The van der Waals surface area contributed by atoms with Gasteiger partial charge in [-0.25, -0.2) is 4.98 Å². The third-order valence-electron chi connectivity index (χ3n) is 5.76. The Balaban J connectivity index is 1.54. The molecule has 1 N–H and O–H groups in total. The minimum Gasteiger partial charge on any atom is -0.338 e. The van der Waals surface area contributed by atoms with Crippen LogP contribution in [0.2, 0.25) is 0 Å². The monoisotopic (exact) mass is 511 g/mol. The number of likely N-dealkylation sites (N-methyl/N-ethyl adjacent to an activating group) is 1. The molecule has 0 aliphatic carbocycles. The molecule has 1 aromatic carbocycles. The lowest BCUT2D eigenvalue weighted by Crippen LogP contribution is -2.45. The minimum absolute atomic E-state index is 0.278. The number of carbonyl (C=O) groups excluding carboxylic acids is 1. The fourth-order valence-electron chi connectivity index (χ4n) is 3.68. The number of benzene rings is 1. The zero-order valence-electron chi connectivity index (χ0n) is 20.8. The number of carbonyl (C=O) groups is 1. The molecule has 2 aromatic heterocycles. The van der Waals surface area contributed by atoms with Crippen molar-refractivity contribution in [3.8, 4) is 0 Å². The van der Waals surface area contributed by atoms with Gasteiger partial charge in [0.2, 0.25) is 11.9 Å². The molecule has 3 heterocycles. The van der Waals surface area contributed by atoms with Crippen LogP contribution in [0, 0.1) is 0 Å². The van der Waals surface area contributed by atoms with Gasteiger partial charge in [0, 0.05) is 55.0 Å². The molecule has 35 heavy (non-hydrogen) atoms. The smallest absolute Gasteiger partial charge is 0.234 e. The van der Waals surface area contributed by atoms with Crippen molar-refractivity contribution in [1.29, 1.82) is 0 Å². The Morgan fingerprint density at radius 2 is 1.86 bits per heavy atom. The molecule has 0 radical (unpaired) electrons. The molecule has 10 heteroatoms. The van der Waals surface area contributed by atoms with E-state index in [1.807, 2.05) is 37.4 Å². The van der Waals surface area contributed by atoms with Crippen molar-refractivity contribution in [3.05, 3.63) is 40.9 Å². The van der Waals surface area contributed by atoms with E-state index in [0.29, 0.717) is 35.8 Å². The molecule has 0 atom stereocenters. The van der Waals surface area contributed by atoms with Gasteiger partial charge >= 0.3 is 0 Å². The molecule has 186 valence electrons. The van der Waals surface area contributed by atoms with Gasteiger partial charge in [-0.3, -0.25) is 10.1 Å². The van der Waals surface area contributed by atoms with Crippen molar-refractivity contribution < 1.29 is 4.79 Å². The largest absolute Gasteiger partial charge is 0.338 e. The van der Waals surface area contributed by atoms with E-state index in [0.717, 1.165) is 48.2 Å². The second-order valence-electron chi connectivity index (χ2n) is 9.09. The van der Waals surface area contributed by atoms with Crippen LogP contribution in [-0.4, -0.2) is 63.8 Å². The maximum atomic E-state index is 12.0. The van der Waals surface area contributed by atoms with Gasteiger partial charge in [-0.05, 0) is 48.8 Å². The molecule has 8 nitrogen and oxygen atoms in total. The zero-order valence-corrected chi connectivity index (χ0v) is 22.5. The predicted molar refractivity (Wildman–Crippen MR) is 143 cm³/mol. The number of thiazole rings is 1. The number of Topliss-reactive ketones (excluding diaryl/α,β-unsaturated/α-hetero) is 1. The Labute approximate surface area is 215 Å². The molecule has 1 fully saturated rings. The summed E-state index contributed by atoms with van der Waals surface area (Å²) in [5.41, 5.74) is 1.04. The molecule has 3 aromatic rings. The molecule has 0 amide bonds.